The maximum atomic E-state index is 14.3. The van der Waals surface area contributed by atoms with Crippen LogP contribution in [0, 0.1) is 11.6 Å². The molecule has 1 atom stereocenters. The zero-order valence-electron chi connectivity index (χ0n) is 11.2. The maximum absolute atomic E-state index is 14.3. The molecular formula is C16H16F2N2. The number of hydrogen-bond donors (Lipinski definition) is 1. The van der Waals surface area contributed by atoms with Crippen molar-refractivity contribution in [3.05, 3.63) is 59.2 Å². The Hall–Kier alpha value is -1.94. The number of hydrogen-bond acceptors (Lipinski definition) is 2. The minimum atomic E-state index is -0.322. The molecule has 0 bridgehead atoms. The molecule has 0 saturated carbocycles. The molecule has 0 aromatic heterocycles. The zero-order valence-corrected chi connectivity index (χ0v) is 11.2. The van der Waals surface area contributed by atoms with E-state index in [9.17, 15) is 8.78 Å². The first kappa shape index (κ1) is 13.1. The quantitative estimate of drug-likeness (QED) is 0.905. The predicted molar refractivity (Wildman–Crippen MR) is 76.1 cm³/mol. The lowest BCUT2D eigenvalue weighted by Gasteiger charge is -2.21. The second-order valence-corrected chi connectivity index (χ2v) is 5.17. The van der Waals surface area contributed by atoms with Crippen LogP contribution in [0.15, 0.2) is 36.4 Å². The number of fused-ring (bicyclic) bond motifs is 1. The van der Waals surface area contributed by atoms with Gasteiger partial charge in [0.1, 0.15) is 11.6 Å². The first-order chi connectivity index (χ1) is 9.56. The van der Waals surface area contributed by atoms with Gasteiger partial charge in [0.25, 0.3) is 0 Å². The van der Waals surface area contributed by atoms with Gasteiger partial charge in [0.05, 0.1) is 5.69 Å². The molecule has 0 aliphatic carbocycles. The van der Waals surface area contributed by atoms with Crippen molar-refractivity contribution in [3.63, 3.8) is 0 Å². The molecular weight excluding hydrogens is 258 g/mol. The molecule has 3 rings (SSSR count). The molecule has 0 amide bonds. The molecule has 2 nitrogen and oxygen atoms in total. The third-order valence-electron chi connectivity index (χ3n) is 3.73. The summed E-state index contributed by atoms with van der Waals surface area (Å²) in [4.78, 5) is 1.82. The second-order valence-electron chi connectivity index (χ2n) is 5.17. The van der Waals surface area contributed by atoms with Crippen molar-refractivity contribution in [2.24, 2.45) is 5.73 Å². The highest BCUT2D eigenvalue weighted by Crippen LogP contribution is 2.36. The fourth-order valence-corrected chi connectivity index (χ4v) is 2.63. The normalized spacial score (nSPS) is 15.3. The number of rotatable bonds is 2. The van der Waals surface area contributed by atoms with Gasteiger partial charge < -0.3 is 10.6 Å². The summed E-state index contributed by atoms with van der Waals surface area (Å²) < 4.78 is 27.7. The van der Waals surface area contributed by atoms with E-state index < -0.39 is 0 Å². The van der Waals surface area contributed by atoms with E-state index in [0.29, 0.717) is 12.2 Å². The van der Waals surface area contributed by atoms with Crippen molar-refractivity contribution in [2.45, 2.75) is 19.4 Å². The number of nitrogens with zero attached hydrogens (tertiary/aromatic N) is 1. The molecule has 2 aromatic carbocycles. The molecule has 104 valence electrons. The number of anilines is 2. The van der Waals surface area contributed by atoms with Crippen molar-refractivity contribution in [3.8, 4) is 0 Å². The fraction of sp³-hybridized carbons (Fsp3) is 0.250. The van der Waals surface area contributed by atoms with Gasteiger partial charge in [0, 0.05) is 18.3 Å². The summed E-state index contributed by atoms with van der Waals surface area (Å²) in [5, 5.41) is 0. The van der Waals surface area contributed by atoms with E-state index in [1.165, 1.54) is 18.2 Å². The first-order valence-corrected chi connectivity index (χ1v) is 6.67. The van der Waals surface area contributed by atoms with Gasteiger partial charge in [0.2, 0.25) is 0 Å². The Morgan fingerprint density at radius 1 is 1.10 bits per heavy atom. The Kier molecular flexibility index (Phi) is 3.18. The Balaban J connectivity index is 2.02. The highest BCUT2D eigenvalue weighted by atomic mass is 19.1. The third kappa shape index (κ3) is 2.16. The predicted octanol–water partition coefficient (Wildman–Crippen LogP) is 3.68. The number of nitrogens with two attached hydrogens (primary N) is 1. The molecule has 1 aliphatic heterocycles. The molecule has 1 heterocycles. The summed E-state index contributed by atoms with van der Waals surface area (Å²) >= 11 is 0. The maximum Gasteiger partial charge on any atom is 0.147 e. The highest BCUT2D eigenvalue weighted by molar-refractivity contribution is 5.70. The van der Waals surface area contributed by atoms with Crippen LogP contribution >= 0.6 is 0 Å². The number of benzene rings is 2. The van der Waals surface area contributed by atoms with Crippen molar-refractivity contribution in [1.82, 2.24) is 0 Å². The van der Waals surface area contributed by atoms with Gasteiger partial charge in [-0.3, -0.25) is 0 Å². The standard InChI is InChI=1S/C16H16F2N2/c1-10(19)12-3-5-15(14(18)8-12)20-7-6-11-2-4-13(17)9-16(11)20/h2-5,8-10H,6-7,19H2,1H3/t10-/m1/s1. The molecule has 4 heteroatoms. The summed E-state index contributed by atoms with van der Waals surface area (Å²) in [6.45, 7) is 2.47. The average molecular weight is 274 g/mol. The smallest absolute Gasteiger partial charge is 0.147 e. The van der Waals surface area contributed by atoms with Crippen LogP contribution < -0.4 is 10.6 Å². The van der Waals surface area contributed by atoms with Gasteiger partial charge in [0.15, 0.2) is 0 Å². The Labute approximate surface area is 116 Å². The second kappa shape index (κ2) is 4.87. The van der Waals surface area contributed by atoms with Gasteiger partial charge in [-0.25, -0.2) is 8.78 Å². The Bertz CT molecular complexity index is 653. The average Bonchev–Trinajstić information content (AvgIpc) is 2.81. The van der Waals surface area contributed by atoms with E-state index in [1.54, 1.807) is 12.1 Å². The molecule has 0 radical (unpaired) electrons. The molecule has 0 fully saturated rings. The summed E-state index contributed by atoms with van der Waals surface area (Å²) in [6.07, 6.45) is 0.796. The lowest BCUT2D eigenvalue weighted by Crippen LogP contribution is -2.15. The lowest BCUT2D eigenvalue weighted by molar-refractivity contribution is 0.619. The van der Waals surface area contributed by atoms with E-state index in [-0.39, 0.29) is 17.7 Å². The van der Waals surface area contributed by atoms with Gasteiger partial charge >= 0.3 is 0 Å². The largest absolute Gasteiger partial charge is 0.338 e. The van der Waals surface area contributed by atoms with Crippen LogP contribution in [-0.2, 0) is 6.42 Å². The SMILES string of the molecule is C[C@@H](N)c1ccc(N2CCc3ccc(F)cc32)c(F)c1. The van der Waals surface area contributed by atoms with E-state index in [0.717, 1.165) is 23.2 Å². The Morgan fingerprint density at radius 3 is 2.60 bits per heavy atom. The molecule has 0 unspecified atom stereocenters. The molecule has 2 N–H and O–H groups in total. The van der Waals surface area contributed by atoms with Crippen LogP contribution in [0.4, 0.5) is 20.2 Å². The lowest BCUT2D eigenvalue weighted by atomic mass is 10.1. The van der Waals surface area contributed by atoms with E-state index in [1.807, 2.05) is 17.9 Å². The van der Waals surface area contributed by atoms with Gasteiger partial charge in [-0.2, -0.15) is 0 Å². The van der Waals surface area contributed by atoms with Gasteiger partial charge in [-0.15, -0.1) is 0 Å². The monoisotopic (exact) mass is 274 g/mol. The van der Waals surface area contributed by atoms with Crippen LogP contribution in [-0.4, -0.2) is 6.54 Å². The number of halogens is 2. The summed E-state index contributed by atoms with van der Waals surface area (Å²) in [6, 6.07) is 9.45. The minimum absolute atomic E-state index is 0.207. The van der Waals surface area contributed by atoms with Gasteiger partial charge in [-0.1, -0.05) is 12.1 Å². The van der Waals surface area contributed by atoms with E-state index in [2.05, 4.69) is 0 Å². The van der Waals surface area contributed by atoms with Gasteiger partial charge in [-0.05, 0) is 48.7 Å². The van der Waals surface area contributed by atoms with Crippen LogP contribution in [0.25, 0.3) is 0 Å². The van der Waals surface area contributed by atoms with E-state index in [4.69, 9.17) is 5.73 Å². The molecule has 20 heavy (non-hydrogen) atoms. The molecule has 0 spiro atoms. The first-order valence-electron chi connectivity index (χ1n) is 6.67. The summed E-state index contributed by atoms with van der Waals surface area (Å²) in [5.41, 5.74) is 8.77. The highest BCUT2D eigenvalue weighted by Gasteiger charge is 2.23. The van der Waals surface area contributed by atoms with Crippen molar-refractivity contribution < 1.29 is 8.78 Å². The minimum Gasteiger partial charge on any atom is -0.338 e. The van der Waals surface area contributed by atoms with Crippen molar-refractivity contribution in [2.75, 3.05) is 11.4 Å². The fourth-order valence-electron chi connectivity index (χ4n) is 2.63. The zero-order chi connectivity index (χ0) is 14.3. The van der Waals surface area contributed by atoms with Crippen molar-refractivity contribution >= 4 is 11.4 Å². The summed E-state index contributed by atoms with van der Waals surface area (Å²) in [5.74, 6) is -0.625. The van der Waals surface area contributed by atoms with Crippen LogP contribution in [0.5, 0.6) is 0 Å². The van der Waals surface area contributed by atoms with Crippen LogP contribution in [0.3, 0.4) is 0 Å². The van der Waals surface area contributed by atoms with Crippen molar-refractivity contribution in [1.29, 1.82) is 0 Å². The summed E-state index contributed by atoms with van der Waals surface area (Å²) in [7, 11) is 0. The van der Waals surface area contributed by atoms with Crippen LogP contribution in [0.2, 0.25) is 0 Å². The Morgan fingerprint density at radius 2 is 1.90 bits per heavy atom. The third-order valence-corrected chi connectivity index (χ3v) is 3.73. The van der Waals surface area contributed by atoms with E-state index >= 15 is 0 Å². The molecule has 0 saturated heterocycles. The van der Waals surface area contributed by atoms with Crippen LogP contribution in [0.1, 0.15) is 24.1 Å². The molecule has 1 aliphatic rings. The topological polar surface area (TPSA) is 29.3 Å². The molecule has 2 aromatic rings.